The van der Waals surface area contributed by atoms with Crippen LogP contribution in [0.4, 0.5) is 16.9 Å². The Hall–Kier alpha value is -2.19. The molecule has 0 saturated carbocycles. The maximum absolute atomic E-state index is 5.93. The molecule has 0 amide bonds. The molecule has 0 fully saturated rings. The van der Waals surface area contributed by atoms with Crippen molar-refractivity contribution in [3.8, 4) is 0 Å². The van der Waals surface area contributed by atoms with Crippen molar-refractivity contribution in [2.75, 3.05) is 29.0 Å². The molecule has 1 aliphatic heterocycles. The summed E-state index contributed by atoms with van der Waals surface area (Å²) in [7, 11) is 0. The Morgan fingerprint density at radius 2 is 2.08 bits per heavy atom. The Labute approximate surface area is 148 Å². The third-order valence-corrected chi connectivity index (χ3v) is 5.77. The van der Waals surface area contributed by atoms with Gasteiger partial charge in [0.15, 0.2) is 5.13 Å². The quantitative estimate of drug-likeness (QED) is 0.746. The van der Waals surface area contributed by atoms with Gasteiger partial charge in [-0.05, 0) is 17.9 Å². The number of thiazole rings is 1. The monoisotopic (exact) mass is 358 g/mol. The second kappa shape index (κ2) is 6.74. The number of nitrogens with two attached hydrogens (primary N) is 1. The van der Waals surface area contributed by atoms with Gasteiger partial charge in [-0.15, -0.1) is 22.7 Å². The second-order valence-electron chi connectivity index (χ2n) is 5.59. The number of aromatic nitrogens is 3. The van der Waals surface area contributed by atoms with Gasteiger partial charge in [-0.1, -0.05) is 6.07 Å². The molecular weight excluding hydrogens is 340 g/mol. The smallest absolute Gasteiger partial charge is 0.222 e. The summed E-state index contributed by atoms with van der Waals surface area (Å²) < 4.78 is 0. The lowest BCUT2D eigenvalue weighted by atomic mass is 10.1. The van der Waals surface area contributed by atoms with Gasteiger partial charge in [-0.3, -0.25) is 0 Å². The van der Waals surface area contributed by atoms with Crippen LogP contribution in [-0.2, 0) is 19.4 Å². The topological polar surface area (TPSA) is 80.0 Å². The third-order valence-electron chi connectivity index (χ3n) is 4.06. The summed E-state index contributed by atoms with van der Waals surface area (Å²) in [5.74, 6) is 1.21. The highest BCUT2D eigenvalue weighted by atomic mass is 32.1. The van der Waals surface area contributed by atoms with E-state index in [1.165, 1.54) is 10.4 Å². The highest BCUT2D eigenvalue weighted by Crippen LogP contribution is 2.26. The number of nitrogens with one attached hydrogen (secondary N) is 1. The van der Waals surface area contributed by atoms with E-state index in [0.717, 1.165) is 49.1 Å². The highest BCUT2D eigenvalue weighted by Gasteiger charge is 2.21. The van der Waals surface area contributed by atoms with Crippen molar-refractivity contribution >= 4 is 39.6 Å². The lowest BCUT2D eigenvalue weighted by Crippen LogP contribution is -2.25. The minimum atomic E-state index is 0.338. The molecule has 0 aliphatic carbocycles. The summed E-state index contributed by atoms with van der Waals surface area (Å²) in [5.41, 5.74) is 8.16. The average molecular weight is 358 g/mol. The molecule has 4 rings (SSSR count). The van der Waals surface area contributed by atoms with Crippen LogP contribution < -0.4 is 16.0 Å². The van der Waals surface area contributed by atoms with Gasteiger partial charge in [0, 0.05) is 41.5 Å². The van der Waals surface area contributed by atoms with E-state index in [2.05, 4.69) is 42.7 Å². The standard InChI is InChI=1S/C16H18N6S2/c17-15-20-13-4-7-22(16-18-5-9-24-16)6-3-12(13)14(21-15)19-10-11-2-1-8-23-11/h1-2,5,8-9H,3-4,6-7,10H2,(H3,17,19,20,21). The predicted octanol–water partition coefficient (Wildman–Crippen LogP) is 2.79. The van der Waals surface area contributed by atoms with Crippen molar-refractivity contribution in [2.24, 2.45) is 0 Å². The van der Waals surface area contributed by atoms with Crippen molar-refractivity contribution < 1.29 is 0 Å². The zero-order valence-electron chi connectivity index (χ0n) is 13.1. The van der Waals surface area contributed by atoms with E-state index >= 15 is 0 Å². The van der Waals surface area contributed by atoms with Gasteiger partial charge in [0.1, 0.15) is 5.82 Å². The fraction of sp³-hybridized carbons (Fsp3) is 0.312. The molecular formula is C16H18N6S2. The van der Waals surface area contributed by atoms with E-state index < -0.39 is 0 Å². The van der Waals surface area contributed by atoms with Gasteiger partial charge in [-0.25, -0.2) is 9.97 Å². The van der Waals surface area contributed by atoms with Gasteiger partial charge in [-0.2, -0.15) is 4.98 Å². The molecule has 8 heteroatoms. The van der Waals surface area contributed by atoms with Crippen LogP contribution in [0, 0.1) is 0 Å². The van der Waals surface area contributed by atoms with Gasteiger partial charge in [0.2, 0.25) is 5.95 Å². The van der Waals surface area contributed by atoms with E-state index in [9.17, 15) is 0 Å². The molecule has 0 bridgehead atoms. The van der Waals surface area contributed by atoms with Crippen LogP contribution in [0.5, 0.6) is 0 Å². The lowest BCUT2D eigenvalue weighted by molar-refractivity contribution is 0.798. The van der Waals surface area contributed by atoms with Crippen molar-refractivity contribution in [1.29, 1.82) is 0 Å². The van der Waals surface area contributed by atoms with Gasteiger partial charge in [0.25, 0.3) is 0 Å². The minimum Gasteiger partial charge on any atom is -0.368 e. The van der Waals surface area contributed by atoms with Crippen molar-refractivity contribution in [3.05, 3.63) is 45.2 Å². The number of nitrogen functional groups attached to an aromatic ring is 1. The molecule has 0 radical (unpaired) electrons. The molecule has 0 saturated heterocycles. The average Bonchev–Trinajstić information content (AvgIpc) is 3.24. The molecule has 0 unspecified atom stereocenters. The molecule has 1 aliphatic rings. The predicted molar refractivity (Wildman–Crippen MR) is 99.8 cm³/mol. The summed E-state index contributed by atoms with van der Waals surface area (Å²) in [5, 5.41) is 8.60. The number of hydrogen-bond donors (Lipinski definition) is 2. The first-order valence-electron chi connectivity index (χ1n) is 7.85. The van der Waals surface area contributed by atoms with Crippen molar-refractivity contribution in [1.82, 2.24) is 15.0 Å². The molecule has 3 aromatic heterocycles. The largest absolute Gasteiger partial charge is 0.368 e. The zero-order valence-corrected chi connectivity index (χ0v) is 14.7. The van der Waals surface area contributed by atoms with Crippen molar-refractivity contribution in [3.63, 3.8) is 0 Å². The van der Waals surface area contributed by atoms with E-state index in [-0.39, 0.29) is 0 Å². The summed E-state index contributed by atoms with van der Waals surface area (Å²) in [6, 6.07) is 4.17. The van der Waals surface area contributed by atoms with Crippen LogP contribution in [0.15, 0.2) is 29.1 Å². The van der Waals surface area contributed by atoms with Crippen LogP contribution in [0.25, 0.3) is 0 Å². The van der Waals surface area contributed by atoms with E-state index in [0.29, 0.717) is 5.95 Å². The fourth-order valence-electron chi connectivity index (χ4n) is 2.91. The van der Waals surface area contributed by atoms with Gasteiger partial charge >= 0.3 is 0 Å². The Kier molecular flexibility index (Phi) is 4.31. The molecule has 0 aromatic carbocycles. The Bertz CT molecular complexity index is 800. The summed E-state index contributed by atoms with van der Waals surface area (Å²) in [6.45, 7) is 2.58. The zero-order chi connectivity index (χ0) is 16.4. The Balaban J connectivity index is 1.56. The Morgan fingerprint density at radius 1 is 1.17 bits per heavy atom. The SMILES string of the molecule is Nc1nc2c(c(NCc3cccs3)n1)CCN(c1nccs1)CC2. The summed E-state index contributed by atoms with van der Waals surface area (Å²) in [4.78, 5) is 16.9. The van der Waals surface area contributed by atoms with Crippen molar-refractivity contribution in [2.45, 2.75) is 19.4 Å². The first kappa shape index (κ1) is 15.3. The van der Waals surface area contributed by atoms with Crippen LogP contribution in [0.2, 0.25) is 0 Å². The first-order chi connectivity index (χ1) is 11.8. The normalized spacial score (nSPS) is 14.2. The molecule has 4 heterocycles. The maximum Gasteiger partial charge on any atom is 0.222 e. The van der Waals surface area contributed by atoms with Crippen LogP contribution >= 0.6 is 22.7 Å². The highest BCUT2D eigenvalue weighted by molar-refractivity contribution is 7.13. The molecule has 0 atom stereocenters. The molecule has 3 N–H and O–H groups in total. The van der Waals surface area contributed by atoms with Crippen LogP contribution in [0.3, 0.4) is 0 Å². The third kappa shape index (κ3) is 3.20. The number of rotatable bonds is 4. The number of thiophene rings is 1. The van der Waals surface area contributed by atoms with Gasteiger partial charge in [0.05, 0.1) is 12.2 Å². The molecule has 0 spiro atoms. The van der Waals surface area contributed by atoms with E-state index in [1.54, 1.807) is 22.7 Å². The molecule has 6 nitrogen and oxygen atoms in total. The number of anilines is 3. The molecule has 3 aromatic rings. The second-order valence-corrected chi connectivity index (χ2v) is 7.50. The molecule has 24 heavy (non-hydrogen) atoms. The number of fused-ring (bicyclic) bond motifs is 1. The van der Waals surface area contributed by atoms with Crippen LogP contribution in [0.1, 0.15) is 16.1 Å². The van der Waals surface area contributed by atoms with Gasteiger partial charge < -0.3 is 16.0 Å². The Morgan fingerprint density at radius 3 is 2.88 bits per heavy atom. The fourth-order valence-corrected chi connectivity index (χ4v) is 4.25. The summed E-state index contributed by atoms with van der Waals surface area (Å²) in [6.07, 6.45) is 3.60. The summed E-state index contributed by atoms with van der Waals surface area (Å²) >= 11 is 3.41. The number of hydrogen-bond acceptors (Lipinski definition) is 8. The first-order valence-corrected chi connectivity index (χ1v) is 9.61. The van der Waals surface area contributed by atoms with E-state index in [4.69, 9.17) is 5.73 Å². The van der Waals surface area contributed by atoms with Crippen LogP contribution in [-0.4, -0.2) is 28.0 Å². The lowest BCUT2D eigenvalue weighted by Gasteiger charge is -2.18. The van der Waals surface area contributed by atoms with E-state index in [1.807, 2.05) is 11.6 Å². The minimum absolute atomic E-state index is 0.338. The number of nitrogens with zero attached hydrogens (tertiary/aromatic N) is 4. The molecule has 124 valence electrons. The maximum atomic E-state index is 5.93.